The Kier molecular flexibility index (Phi) is 11.7. The Hall–Kier alpha value is -3.51. The summed E-state index contributed by atoms with van der Waals surface area (Å²) in [5.74, 6) is -4.64. The van der Waals surface area contributed by atoms with Gasteiger partial charge < -0.3 is 37.6 Å². The van der Waals surface area contributed by atoms with Crippen LogP contribution in [-0.2, 0) is 30.4 Å². The van der Waals surface area contributed by atoms with Crippen LogP contribution in [-0.4, -0.2) is 70.6 Å². The fraction of sp³-hybridized carbons (Fsp3) is 0.500. The Morgan fingerprint density at radius 3 is 1.91 bits per heavy atom. The zero-order chi connectivity index (χ0) is 25.8. The molecule has 0 aliphatic heterocycles. The number of aliphatic hydroxyl groups excluding tert-OH is 1. The quantitative estimate of drug-likeness (QED) is 0.158. The van der Waals surface area contributed by atoms with Gasteiger partial charge in [-0.1, -0.05) is 44.2 Å². The van der Waals surface area contributed by atoms with Gasteiger partial charge >= 0.3 is 5.97 Å². The van der Waals surface area contributed by atoms with Gasteiger partial charge in [0.1, 0.15) is 18.1 Å². The van der Waals surface area contributed by atoms with E-state index in [4.69, 9.17) is 11.5 Å². The third-order valence-corrected chi connectivity index (χ3v) is 5.05. The lowest BCUT2D eigenvalue weighted by molar-refractivity contribution is -0.142. The third-order valence-electron chi connectivity index (χ3n) is 5.05. The van der Waals surface area contributed by atoms with Crippen LogP contribution < -0.4 is 27.4 Å². The number of benzene rings is 1. The molecule has 0 bridgehead atoms. The molecule has 0 aliphatic carbocycles. The van der Waals surface area contributed by atoms with Crippen molar-refractivity contribution < 1.29 is 34.2 Å². The Morgan fingerprint density at radius 2 is 1.41 bits per heavy atom. The summed E-state index contributed by atoms with van der Waals surface area (Å²) in [6.07, 6.45) is -0.495. The monoisotopic (exact) mass is 479 g/mol. The summed E-state index contributed by atoms with van der Waals surface area (Å²) in [5.41, 5.74) is 11.5. The van der Waals surface area contributed by atoms with E-state index >= 15 is 0 Å². The Morgan fingerprint density at radius 1 is 0.882 bits per heavy atom. The summed E-state index contributed by atoms with van der Waals surface area (Å²) >= 11 is 0. The molecule has 0 radical (unpaired) electrons. The van der Waals surface area contributed by atoms with Crippen LogP contribution in [0.5, 0.6) is 0 Å². The molecule has 1 aromatic carbocycles. The van der Waals surface area contributed by atoms with Crippen molar-refractivity contribution in [1.82, 2.24) is 16.0 Å². The molecule has 0 saturated heterocycles. The van der Waals surface area contributed by atoms with Crippen LogP contribution in [0.2, 0.25) is 0 Å². The standard InChI is InChI=1S/C22H33N5O7/c1-12(2)18(24)21(32)27-16(11-28)20(31)26-15(10-13-6-4-3-5-7-13)19(30)25-14(22(33)34)8-9-17(23)29/h3-7,12,14-16,18,28H,8-11,24H2,1-2H3,(H2,23,29)(H,25,30)(H,26,31)(H,27,32)(H,33,34). The zero-order valence-electron chi connectivity index (χ0n) is 19.2. The molecule has 1 aromatic rings. The molecule has 0 heterocycles. The molecule has 34 heavy (non-hydrogen) atoms. The van der Waals surface area contributed by atoms with E-state index in [-0.39, 0.29) is 25.2 Å². The predicted molar refractivity (Wildman–Crippen MR) is 122 cm³/mol. The number of amides is 4. The smallest absolute Gasteiger partial charge is 0.326 e. The summed E-state index contributed by atoms with van der Waals surface area (Å²) in [4.78, 5) is 60.4. The van der Waals surface area contributed by atoms with Crippen LogP contribution >= 0.6 is 0 Å². The van der Waals surface area contributed by atoms with Crippen molar-refractivity contribution in [3.8, 4) is 0 Å². The van der Waals surface area contributed by atoms with Gasteiger partial charge in [0.15, 0.2) is 0 Å². The first-order chi connectivity index (χ1) is 16.0. The number of nitrogens with one attached hydrogen (secondary N) is 3. The van der Waals surface area contributed by atoms with E-state index in [1.807, 2.05) is 0 Å². The van der Waals surface area contributed by atoms with E-state index < -0.39 is 60.4 Å². The summed E-state index contributed by atoms with van der Waals surface area (Å²) in [6.45, 7) is 2.68. The van der Waals surface area contributed by atoms with E-state index in [2.05, 4.69) is 16.0 Å². The van der Waals surface area contributed by atoms with Gasteiger partial charge in [-0.2, -0.15) is 0 Å². The second kappa shape index (κ2) is 13.9. The number of carboxylic acid groups (broad SMARTS) is 1. The van der Waals surface area contributed by atoms with Crippen molar-refractivity contribution in [2.75, 3.05) is 6.61 Å². The number of carbonyl (C=O) groups excluding carboxylic acids is 4. The lowest BCUT2D eigenvalue weighted by Gasteiger charge is -2.25. The van der Waals surface area contributed by atoms with Gasteiger partial charge in [-0.3, -0.25) is 19.2 Å². The molecule has 0 aliphatic rings. The van der Waals surface area contributed by atoms with Crippen LogP contribution in [0.25, 0.3) is 0 Å². The van der Waals surface area contributed by atoms with E-state index in [0.717, 1.165) is 0 Å². The maximum absolute atomic E-state index is 12.9. The highest BCUT2D eigenvalue weighted by Crippen LogP contribution is 2.06. The predicted octanol–water partition coefficient (Wildman–Crippen LogP) is -1.99. The Balaban J connectivity index is 3.02. The van der Waals surface area contributed by atoms with Crippen molar-refractivity contribution in [2.45, 2.75) is 57.3 Å². The fourth-order valence-electron chi connectivity index (χ4n) is 2.91. The lowest BCUT2D eigenvalue weighted by atomic mass is 10.0. The molecule has 4 atom stereocenters. The van der Waals surface area contributed by atoms with Crippen molar-refractivity contribution >= 4 is 29.6 Å². The highest BCUT2D eigenvalue weighted by Gasteiger charge is 2.30. The van der Waals surface area contributed by atoms with Gasteiger partial charge in [0, 0.05) is 12.8 Å². The van der Waals surface area contributed by atoms with E-state index in [9.17, 15) is 34.2 Å². The molecule has 12 nitrogen and oxygen atoms in total. The Bertz CT molecular complexity index is 862. The zero-order valence-corrected chi connectivity index (χ0v) is 19.2. The van der Waals surface area contributed by atoms with Crippen molar-refractivity contribution in [3.63, 3.8) is 0 Å². The largest absolute Gasteiger partial charge is 0.480 e. The van der Waals surface area contributed by atoms with Gasteiger partial charge in [-0.05, 0) is 17.9 Å². The fourth-order valence-corrected chi connectivity index (χ4v) is 2.91. The number of nitrogens with two attached hydrogens (primary N) is 2. The topological polar surface area (TPSA) is 214 Å². The van der Waals surface area contributed by atoms with Crippen LogP contribution in [0.1, 0.15) is 32.3 Å². The molecule has 4 unspecified atom stereocenters. The minimum atomic E-state index is -1.41. The summed E-state index contributed by atoms with van der Waals surface area (Å²) < 4.78 is 0. The van der Waals surface area contributed by atoms with Gasteiger partial charge in [0.2, 0.25) is 23.6 Å². The molecule has 4 amide bonds. The number of carbonyl (C=O) groups is 5. The van der Waals surface area contributed by atoms with E-state index in [1.165, 1.54) is 0 Å². The van der Waals surface area contributed by atoms with Crippen molar-refractivity contribution in [2.24, 2.45) is 17.4 Å². The van der Waals surface area contributed by atoms with Crippen molar-refractivity contribution in [1.29, 1.82) is 0 Å². The summed E-state index contributed by atoms with van der Waals surface area (Å²) in [7, 11) is 0. The highest BCUT2D eigenvalue weighted by molar-refractivity contribution is 5.94. The van der Waals surface area contributed by atoms with Gasteiger partial charge in [0.05, 0.1) is 12.6 Å². The molecular formula is C22H33N5O7. The second-order valence-corrected chi connectivity index (χ2v) is 8.17. The minimum absolute atomic E-state index is 0.00181. The first-order valence-corrected chi connectivity index (χ1v) is 10.8. The van der Waals surface area contributed by atoms with Gasteiger partial charge in [0.25, 0.3) is 0 Å². The maximum Gasteiger partial charge on any atom is 0.326 e. The average Bonchev–Trinajstić information content (AvgIpc) is 2.78. The maximum atomic E-state index is 12.9. The van der Waals surface area contributed by atoms with E-state index in [0.29, 0.717) is 5.56 Å². The minimum Gasteiger partial charge on any atom is -0.480 e. The molecule has 0 spiro atoms. The number of rotatable bonds is 14. The molecule has 0 saturated carbocycles. The average molecular weight is 480 g/mol. The first-order valence-electron chi connectivity index (χ1n) is 10.8. The van der Waals surface area contributed by atoms with Crippen molar-refractivity contribution in [3.05, 3.63) is 35.9 Å². The second-order valence-electron chi connectivity index (χ2n) is 8.17. The number of hydrogen-bond donors (Lipinski definition) is 7. The normalized spacial score (nSPS) is 14.4. The third kappa shape index (κ3) is 9.55. The molecule has 0 fully saturated rings. The number of aliphatic hydroxyl groups is 1. The summed E-state index contributed by atoms with van der Waals surface area (Å²) in [6, 6.07) is 3.69. The molecular weight excluding hydrogens is 446 g/mol. The highest BCUT2D eigenvalue weighted by atomic mass is 16.4. The molecule has 12 heteroatoms. The number of aliphatic carboxylic acids is 1. The number of carboxylic acids is 1. The molecule has 1 rings (SSSR count). The van der Waals surface area contributed by atoms with Crippen LogP contribution in [0, 0.1) is 5.92 Å². The van der Waals surface area contributed by atoms with Crippen LogP contribution in [0.4, 0.5) is 0 Å². The lowest BCUT2D eigenvalue weighted by Crippen LogP contribution is -2.59. The van der Waals surface area contributed by atoms with E-state index in [1.54, 1.807) is 44.2 Å². The number of primary amides is 1. The number of hydrogen-bond acceptors (Lipinski definition) is 7. The molecule has 0 aromatic heterocycles. The molecule has 9 N–H and O–H groups in total. The first kappa shape index (κ1) is 28.5. The summed E-state index contributed by atoms with van der Waals surface area (Å²) in [5, 5.41) is 26.1. The van der Waals surface area contributed by atoms with Gasteiger partial charge in [-0.15, -0.1) is 0 Å². The van der Waals surface area contributed by atoms with Crippen LogP contribution in [0.3, 0.4) is 0 Å². The molecule has 188 valence electrons. The van der Waals surface area contributed by atoms with Crippen LogP contribution in [0.15, 0.2) is 30.3 Å². The SMILES string of the molecule is CC(C)C(N)C(=O)NC(CO)C(=O)NC(Cc1ccccc1)C(=O)NC(CCC(N)=O)C(=O)O. The Labute approximate surface area is 197 Å². The van der Waals surface area contributed by atoms with Gasteiger partial charge in [-0.25, -0.2) is 4.79 Å².